The van der Waals surface area contributed by atoms with Crippen molar-refractivity contribution in [3.8, 4) is 0 Å². The minimum absolute atomic E-state index is 0.227. The number of carbonyl (C=O) groups excluding carboxylic acids is 2. The highest BCUT2D eigenvalue weighted by Crippen LogP contribution is 2.13. The summed E-state index contributed by atoms with van der Waals surface area (Å²) in [6, 6.07) is 15.6. The standard InChI is InChI=1S/C16H15N3O2/c17-16(21)19-14-9-7-13(8-10-14)18-15(20)11-6-12-4-2-1-3-5-12/h1-11H,(H,18,20)(H3,17,19,21)/b11-6+. The molecule has 0 atom stereocenters. The Morgan fingerprint density at radius 2 is 1.43 bits per heavy atom. The molecule has 0 radical (unpaired) electrons. The molecule has 4 N–H and O–H groups in total. The van der Waals surface area contributed by atoms with Crippen molar-refractivity contribution < 1.29 is 9.59 Å². The monoisotopic (exact) mass is 281 g/mol. The number of amides is 3. The van der Waals surface area contributed by atoms with Crippen molar-refractivity contribution in [1.82, 2.24) is 0 Å². The van der Waals surface area contributed by atoms with Crippen LogP contribution in [0.25, 0.3) is 6.08 Å². The van der Waals surface area contributed by atoms with Gasteiger partial charge in [-0.2, -0.15) is 0 Å². The van der Waals surface area contributed by atoms with E-state index in [1.807, 2.05) is 30.3 Å². The minimum Gasteiger partial charge on any atom is -0.351 e. The third-order valence-electron chi connectivity index (χ3n) is 2.65. The van der Waals surface area contributed by atoms with Crippen molar-refractivity contribution in [2.75, 3.05) is 10.6 Å². The Morgan fingerprint density at radius 1 is 0.857 bits per heavy atom. The molecular formula is C16H15N3O2. The molecule has 2 rings (SSSR count). The van der Waals surface area contributed by atoms with Gasteiger partial charge in [-0.1, -0.05) is 30.3 Å². The SMILES string of the molecule is NC(=O)Nc1ccc(NC(=O)/C=C/c2ccccc2)cc1. The number of nitrogens with one attached hydrogen (secondary N) is 2. The van der Waals surface area contributed by atoms with Crippen molar-refractivity contribution in [2.45, 2.75) is 0 Å². The fraction of sp³-hybridized carbons (Fsp3) is 0. The van der Waals surface area contributed by atoms with Crippen LogP contribution in [0.2, 0.25) is 0 Å². The second-order valence-electron chi connectivity index (χ2n) is 4.30. The summed E-state index contributed by atoms with van der Waals surface area (Å²) in [6.45, 7) is 0. The predicted molar refractivity (Wildman–Crippen MR) is 83.8 cm³/mol. The van der Waals surface area contributed by atoms with Gasteiger partial charge in [-0.25, -0.2) is 4.79 Å². The molecule has 21 heavy (non-hydrogen) atoms. The number of urea groups is 1. The van der Waals surface area contributed by atoms with E-state index in [1.165, 1.54) is 6.08 Å². The molecule has 0 saturated heterocycles. The van der Waals surface area contributed by atoms with Crippen molar-refractivity contribution in [1.29, 1.82) is 0 Å². The van der Waals surface area contributed by atoms with Gasteiger partial charge in [0.15, 0.2) is 0 Å². The Kier molecular flexibility index (Phi) is 4.71. The lowest BCUT2D eigenvalue weighted by Gasteiger charge is -2.04. The van der Waals surface area contributed by atoms with Crippen LogP contribution < -0.4 is 16.4 Å². The van der Waals surface area contributed by atoms with Crippen LogP contribution in [0, 0.1) is 0 Å². The summed E-state index contributed by atoms with van der Waals surface area (Å²) in [6.07, 6.45) is 3.20. The Labute approximate surface area is 122 Å². The van der Waals surface area contributed by atoms with Crippen molar-refractivity contribution >= 4 is 29.4 Å². The fourth-order valence-corrected chi connectivity index (χ4v) is 1.70. The summed E-state index contributed by atoms with van der Waals surface area (Å²) >= 11 is 0. The first-order valence-electron chi connectivity index (χ1n) is 6.34. The van der Waals surface area contributed by atoms with E-state index in [-0.39, 0.29) is 5.91 Å². The molecule has 0 aromatic heterocycles. The van der Waals surface area contributed by atoms with Gasteiger partial charge in [0.1, 0.15) is 0 Å². The van der Waals surface area contributed by atoms with Gasteiger partial charge in [0.2, 0.25) is 5.91 Å². The Bertz CT molecular complexity index is 649. The van der Waals surface area contributed by atoms with Crippen molar-refractivity contribution in [3.05, 3.63) is 66.2 Å². The summed E-state index contributed by atoms with van der Waals surface area (Å²) < 4.78 is 0. The zero-order valence-corrected chi connectivity index (χ0v) is 11.2. The van der Waals surface area contributed by atoms with Crippen LogP contribution in [-0.2, 0) is 4.79 Å². The third kappa shape index (κ3) is 4.83. The van der Waals surface area contributed by atoms with E-state index < -0.39 is 6.03 Å². The minimum atomic E-state index is -0.627. The molecule has 3 amide bonds. The van der Waals surface area contributed by atoms with Gasteiger partial charge in [-0.3, -0.25) is 4.79 Å². The fourth-order valence-electron chi connectivity index (χ4n) is 1.70. The van der Waals surface area contributed by atoms with Gasteiger partial charge >= 0.3 is 6.03 Å². The maximum atomic E-state index is 11.8. The van der Waals surface area contributed by atoms with Gasteiger partial charge in [-0.15, -0.1) is 0 Å². The maximum Gasteiger partial charge on any atom is 0.316 e. The number of primary amides is 1. The molecule has 0 saturated carbocycles. The average Bonchev–Trinajstić information content (AvgIpc) is 2.48. The van der Waals surface area contributed by atoms with Gasteiger partial charge < -0.3 is 16.4 Å². The van der Waals surface area contributed by atoms with E-state index in [2.05, 4.69) is 10.6 Å². The first-order valence-corrected chi connectivity index (χ1v) is 6.34. The van der Waals surface area contributed by atoms with Crippen LogP contribution in [0.1, 0.15) is 5.56 Å². The van der Waals surface area contributed by atoms with Crippen LogP contribution in [0.5, 0.6) is 0 Å². The quantitative estimate of drug-likeness (QED) is 0.753. The summed E-state index contributed by atoms with van der Waals surface area (Å²) in [4.78, 5) is 22.4. The topological polar surface area (TPSA) is 84.2 Å². The van der Waals surface area contributed by atoms with Crippen LogP contribution in [0.4, 0.5) is 16.2 Å². The van der Waals surface area contributed by atoms with E-state index in [0.717, 1.165) is 5.56 Å². The maximum absolute atomic E-state index is 11.8. The Balaban J connectivity index is 1.93. The summed E-state index contributed by atoms with van der Waals surface area (Å²) in [7, 11) is 0. The lowest BCUT2D eigenvalue weighted by atomic mass is 10.2. The van der Waals surface area contributed by atoms with Crippen molar-refractivity contribution in [2.24, 2.45) is 5.73 Å². The number of hydrogen-bond donors (Lipinski definition) is 3. The van der Waals surface area contributed by atoms with Crippen LogP contribution in [0.15, 0.2) is 60.7 Å². The molecule has 0 aliphatic rings. The number of benzene rings is 2. The van der Waals surface area contributed by atoms with E-state index in [4.69, 9.17) is 5.73 Å². The summed E-state index contributed by atoms with van der Waals surface area (Å²) in [5, 5.41) is 5.17. The Hall–Kier alpha value is -3.08. The molecule has 106 valence electrons. The first kappa shape index (κ1) is 14.3. The lowest BCUT2D eigenvalue weighted by molar-refractivity contribution is -0.111. The molecule has 0 fully saturated rings. The highest BCUT2D eigenvalue weighted by Gasteiger charge is 1.99. The van der Waals surface area contributed by atoms with Crippen LogP contribution in [-0.4, -0.2) is 11.9 Å². The Morgan fingerprint density at radius 3 is 2.00 bits per heavy atom. The molecule has 0 spiro atoms. The lowest BCUT2D eigenvalue weighted by Crippen LogP contribution is -2.19. The number of anilines is 2. The van der Waals surface area contributed by atoms with E-state index in [1.54, 1.807) is 30.3 Å². The van der Waals surface area contributed by atoms with Crippen LogP contribution in [0.3, 0.4) is 0 Å². The van der Waals surface area contributed by atoms with E-state index >= 15 is 0 Å². The zero-order chi connectivity index (χ0) is 15.1. The third-order valence-corrected chi connectivity index (χ3v) is 2.65. The zero-order valence-electron chi connectivity index (χ0n) is 11.2. The number of nitrogens with two attached hydrogens (primary N) is 1. The largest absolute Gasteiger partial charge is 0.351 e. The van der Waals surface area contributed by atoms with E-state index in [9.17, 15) is 9.59 Å². The van der Waals surface area contributed by atoms with Crippen molar-refractivity contribution in [3.63, 3.8) is 0 Å². The first-order chi connectivity index (χ1) is 10.1. The predicted octanol–water partition coefficient (Wildman–Crippen LogP) is 2.83. The molecule has 0 heterocycles. The highest BCUT2D eigenvalue weighted by atomic mass is 16.2. The second-order valence-corrected chi connectivity index (χ2v) is 4.30. The van der Waals surface area contributed by atoms with Crippen LogP contribution >= 0.6 is 0 Å². The average molecular weight is 281 g/mol. The molecule has 0 aliphatic carbocycles. The number of carbonyl (C=O) groups is 2. The summed E-state index contributed by atoms with van der Waals surface area (Å²) in [5.41, 5.74) is 7.16. The number of hydrogen-bond acceptors (Lipinski definition) is 2. The van der Waals surface area contributed by atoms with E-state index in [0.29, 0.717) is 11.4 Å². The smallest absolute Gasteiger partial charge is 0.316 e. The molecule has 5 heteroatoms. The molecule has 0 bridgehead atoms. The molecular weight excluding hydrogens is 266 g/mol. The summed E-state index contributed by atoms with van der Waals surface area (Å²) in [5.74, 6) is -0.227. The molecule has 0 unspecified atom stereocenters. The van der Waals surface area contributed by atoms with Gasteiger partial charge in [-0.05, 0) is 35.9 Å². The molecule has 0 aliphatic heterocycles. The molecule has 2 aromatic rings. The number of rotatable bonds is 4. The van der Waals surface area contributed by atoms with Gasteiger partial charge in [0.25, 0.3) is 0 Å². The second kappa shape index (κ2) is 6.91. The normalized spacial score (nSPS) is 10.3. The van der Waals surface area contributed by atoms with Gasteiger partial charge in [0, 0.05) is 17.5 Å². The van der Waals surface area contributed by atoms with Gasteiger partial charge in [0.05, 0.1) is 0 Å². The molecule has 5 nitrogen and oxygen atoms in total. The highest BCUT2D eigenvalue weighted by molar-refractivity contribution is 6.02. The molecule has 2 aromatic carbocycles.